The van der Waals surface area contributed by atoms with Crippen molar-refractivity contribution >= 4 is 12.1 Å². The van der Waals surface area contributed by atoms with E-state index >= 15 is 0 Å². The maximum absolute atomic E-state index is 11.2. The third-order valence-electron chi connectivity index (χ3n) is 3.59. The first-order valence-corrected chi connectivity index (χ1v) is 7.02. The summed E-state index contributed by atoms with van der Waals surface area (Å²) in [5.41, 5.74) is 1.50. The van der Waals surface area contributed by atoms with E-state index in [-0.39, 0.29) is 6.10 Å². The standard InChI is InChI=1S/C14H23N3O2/c1-4-8-19-12-6-5-7-17(9-12)14-13(10-18)11(2)15-16(14)3/h10,12H,4-9H2,1-3H3. The fourth-order valence-corrected chi connectivity index (χ4v) is 2.73. The number of aromatic nitrogens is 2. The molecular formula is C14H23N3O2. The molecule has 0 N–H and O–H groups in total. The number of ether oxygens (including phenoxy) is 1. The first-order valence-electron chi connectivity index (χ1n) is 7.02. The average Bonchev–Trinajstić information content (AvgIpc) is 2.70. The summed E-state index contributed by atoms with van der Waals surface area (Å²) < 4.78 is 7.65. The van der Waals surface area contributed by atoms with E-state index in [9.17, 15) is 4.79 Å². The maximum atomic E-state index is 11.2. The predicted molar refractivity (Wildman–Crippen MR) is 74.8 cm³/mol. The van der Waals surface area contributed by atoms with E-state index in [1.807, 2.05) is 14.0 Å². The van der Waals surface area contributed by atoms with Crippen molar-refractivity contribution in [1.82, 2.24) is 9.78 Å². The minimum absolute atomic E-state index is 0.267. The number of carbonyl (C=O) groups excluding carboxylic acids is 1. The van der Waals surface area contributed by atoms with Crippen molar-refractivity contribution in [2.75, 3.05) is 24.6 Å². The number of piperidine rings is 1. The largest absolute Gasteiger partial charge is 0.376 e. The number of aryl methyl sites for hydroxylation is 2. The summed E-state index contributed by atoms with van der Waals surface area (Å²) in [6, 6.07) is 0. The summed E-state index contributed by atoms with van der Waals surface area (Å²) in [4.78, 5) is 13.5. The summed E-state index contributed by atoms with van der Waals surface area (Å²) in [5, 5.41) is 4.35. The van der Waals surface area contributed by atoms with Crippen LogP contribution in [0.15, 0.2) is 0 Å². The van der Waals surface area contributed by atoms with Crippen LogP contribution in [0.5, 0.6) is 0 Å². The molecule has 1 aromatic heterocycles. The van der Waals surface area contributed by atoms with Crippen molar-refractivity contribution in [2.45, 2.75) is 39.2 Å². The Morgan fingerprint density at radius 1 is 1.53 bits per heavy atom. The van der Waals surface area contributed by atoms with Gasteiger partial charge in [-0.2, -0.15) is 5.10 Å². The summed E-state index contributed by atoms with van der Waals surface area (Å²) in [6.45, 7) is 6.62. The van der Waals surface area contributed by atoms with E-state index in [4.69, 9.17) is 4.74 Å². The highest BCUT2D eigenvalue weighted by atomic mass is 16.5. The van der Waals surface area contributed by atoms with Crippen molar-refractivity contribution in [1.29, 1.82) is 0 Å². The molecule has 1 unspecified atom stereocenters. The Morgan fingerprint density at radius 3 is 3.00 bits per heavy atom. The molecule has 0 bridgehead atoms. The van der Waals surface area contributed by atoms with Gasteiger partial charge in [0.1, 0.15) is 5.82 Å². The van der Waals surface area contributed by atoms with Gasteiger partial charge < -0.3 is 9.64 Å². The molecule has 2 rings (SSSR count). The van der Waals surface area contributed by atoms with E-state index in [1.165, 1.54) is 0 Å². The van der Waals surface area contributed by atoms with Crippen LogP contribution in [0.25, 0.3) is 0 Å². The zero-order valence-corrected chi connectivity index (χ0v) is 12.1. The first-order chi connectivity index (χ1) is 9.17. The predicted octanol–water partition coefficient (Wildman–Crippen LogP) is 1.94. The van der Waals surface area contributed by atoms with Crippen LogP contribution in [0, 0.1) is 6.92 Å². The van der Waals surface area contributed by atoms with E-state index in [0.29, 0.717) is 5.56 Å². The van der Waals surface area contributed by atoms with Crippen molar-refractivity contribution in [3.05, 3.63) is 11.3 Å². The lowest BCUT2D eigenvalue weighted by Gasteiger charge is -2.34. The molecule has 106 valence electrons. The minimum Gasteiger partial charge on any atom is -0.376 e. The van der Waals surface area contributed by atoms with Crippen LogP contribution in [0.4, 0.5) is 5.82 Å². The van der Waals surface area contributed by atoms with E-state index < -0.39 is 0 Å². The molecule has 1 fully saturated rings. The quantitative estimate of drug-likeness (QED) is 0.763. The molecule has 5 heteroatoms. The molecule has 0 radical (unpaired) electrons. The van der Waals surface area contributed by atoms with Gasteiger partial charge in [0, 0.05) is 26.7 Å². The monoisotopic (exact) mass is 265 g/mol. The van der Waals surface area contributed by atoms with Crippen molar-refractivity contribution in [2.24, 2.45) is 7.05 Å². The Balaban J connectivity index is 2.15. The molecule has 0 aromatic carbocycles. The lowest BCUT2D eigenvalue weighted by atomic mass is 10.1. The molecule has 5 nitrogen and oxygen atoms in total. The normalized spacial score (nSPS) is 19.7. The van der Waals surface area contributed by atoms with Gasteiger partial charge in [-0.15, -0.1) is 0 Å². The van der Waals surface area contributed by atoms with Crippen LogP contribution in [-0.2, 0) is 11.8 Å². The molecule has 19 heavy (non-hydrogen) atoms. The number of rotatable bonds is 5. The van der Waals surface area contributed by atoms with Crippen LogP contribution in [0.1, 0.15) is 42.2 Å². The number of carbonyl (C=O) groups is 1. The van der Waals surface area contributed by atoms with Crippen LogP contribution in [0.3, 0.4) is 0 Å². The molecule has 1 aliphatic rings. The zero-order valence-electron chi connectivity index (χ0n) is 12.1. The average molecular weight is 265 g/mol. The smallest absolute Gasteiger partial charge is 0.155 e. The number of hydrogen-bond donors (Lipinski definition) is 0. The summed E-state index contributed by atoms with van der Waals surface area (Å²) in [6.07, 6.45) is 4.42. The SMILES string of the molecule is CCCOC1CCCN(c2c(C=O)c(C)nn2C)C1. The van der Waals surface area contributed by atoms with Gasteiger partial charge in [-0.1, -0.05) is 6.92 Å². The fraction of sp³-hybridized carbons (Fsp3) is 0.714. The Morgan fingerprint density at radius 2 is 2.32 bits per heavy atom. The number of hydrogen-bond acceptors (Lipinski definition) is 4. The molecule has 1 aromatic rings. The molecule has 2 heterocycles. The lowest BCUT2D eigenvalue weighted by molar-refractivity contribution is 0.0437. The molecule has 0 amide bonds. The molecule has 0 aliphatic carbocycles. The summed E-state index contributed by atoms with van der Waals surface area (Å²) in [7, 11) is 1.89. The van der Waals surface area contributed by atoms with Gasteiger partial charge in [0.15, 0.2) is 6.29 Å². The second kappa shape index (κ2) is 6.19. The van der Waals surface area contributed by atoms with Gasteiger partial charge in [0.05, 0.1) is 17.4 Å². The maximum Gasteiger partial charge on any atom is 0.155 e. The fourth-order valence-electron chi connectivity index (χ4n) is 2.73. The molecule has 1 atom stereocenters. The first kappa shape index (κ1) is 14.1. The Hall–Kier alpha value is -1.36. The molecule has 1 saturated heterocycles. The minimum atomic E-state index is 0.267. The Kier molecular flexibility index (Phi) is 4.58. The van der Waals surface area contributed by atoms with Crippen LogP contribution >= 0.6 is 0 Å². The second-order valence-electron chi connectivity index (χ2n) is 5.15. The van der Waals surface area contributed by atoms with E-state index in [2.05, 4.69) is 16.9 Å². The highest BCUT2D eigenvalue weighted by Crippen LogP contribution is 2.25. The molecule has 0 spiro atoms. The number of aldehydes is 1. The van der Waals surface area contributed by atoms with Crippen molar-refractivity contribution in [3.8, 4) is 0 Å². The molecular weight excluding hydrogens is 242 g/mol. The molecule has 1 aliphatic heterocycles. The summed E-state index contributed by atoms with van der Waals surface area (Å²) in [5.74, 6) is 0.928. The number of anilines is 1. The topological polar surface area (TPSA) is 47.4 Å². The van der Waals surface area contributed by atoms with E-state index in [0.717, 1.165) is 56.8 Å². The summed E-state index contributed by atoms with van der Waals surface area (Å²) >= 11 is 0. The van der Waals surface area contributed by atoms with Crippen molar-refractivity contribution in [3.63, 3.8) is 0 Å². The zero-order chi connectivity index (χ0) is 13.8. The number of nitrogens with zero attached hydrogens (tertiary/aromatic N) is 3. The van der Waals surface area contributed by atoms with Gasteiger partial charge >= 0.3 is 0 Å². The molecule has 0 saturated carbocycles. The van der Waals surface area contributed by atoms with E-state index in [1.54, 1.807) is 4.68 Å². The van der Waals surface area contributed by atoms with Crippen LogP contribution in [0.2, 0.25) is 0 Å². The highest BCUT2D eigenvalue weighted by Gasteiger charge is 2.25. The Bertz CT molecular complexity index is 442. The highest BCUT2D eigenvalue weighted by molar-refractivity contribution is 5.84. The third-order valence-corrected chi connectivity index (χ3v) is 3.59. The van der Waals surface area contributed by atoms with Crippen molar-refractivity contribution < 1.29 is 9.53 Å². The van der Waals surface area contributed by atoms with Crippen LogP contribution < -0.4 is 4.90 Å². The van der Waals surface area contributed by atoms with Gasteiger partial charge in [0.2, 0.25) is 0 Å². The Labute approximate surface area is 114 Å². The van der Waals surface area contributed by atoms with Gasteiger partial charge in [0.25, 0.3) is 0 Å². The lowest BCUT2D eigenvalue weighted by Crippen LogP contribution is -2.41. The van der Waals surface area contributed by atoms with Gasteiger partial charge in [-0.3, -0.25) is 9.48 Å². The van der Waals surface area contributed by atoms with Gasteiger partial charge in [-0.25, -0.2) is 0 Å². The van der Waals surface area contributed by atoms with Gasteiger partial charge in [-0.05, 0) is 26.2 Å². The second-order valence-corrected chi connectivity index (χ2v) is 5.15. The van der Waals surface area contributed by atoms with Crippen LogP contribution in [-0.4, -0.2) is 41.9 Å². The third kappa shape index (κ3) is 2.97.